The van der Waals surface area contributed by atoms with E-state index in [4.69, 9.17) is 4.74 Å². The van der Waals surface area contributed by atoms with Crippen molar-refractivity contribution in [2.24, 2.45) is 0 Å². The Kier molecular flexibility index (Phi) is 6.96. The summed E-state index contributed by atoms with van der Waals surface area (Å²) in [5.41, 5.74) is 0.963. The van der Waals surface area contributed by atoms with Gasteiger partial charge in [-0.2, -0.15) is 0 Å². The van der Waals surface area contributed by atoms with Crippen molar-refractivity contribution in [2.75, 3.05) is 20.4 Å². The third kappa shape index (κ3) is 5.61. The molecule has 0 aliphatic heterocycles. The summed E-state index contributed by atoms with van der Waals surface area (Å²) in [7, 11) is 0. The number of benzene rings is 2. The van der Waals surface area contributed by atoms with Crippen LogP contribution in [0.2, 0.25) is 0 Å². The van der Waals surface area contributed by atoms with Gasteiger partial charge in [0, 0.05) is 35.1 Å². The first-order chi connectivity index (χ1) is 16.3. The zero-order chi connectivity index (χ0) is 24.3. The second-order valence-corrected chi connectivity index (χ2v) is 8.75. The predicted molar refractivity (Wildman–Crippen MR) is 134 cm³/mol. The number of rotatable bonds is 7. The Morgan fingerprint density at radius 1 is 0.971 bits per heavy atom. The van der Waals surface area contributed by atoms with Crippen molar-refractivity contribution < 1.29 is 23.1 Å². The van der Waals surface area contributed by atoms with Crippen LogP contribution in [0, 0.1) is 11.6 Å². The van der Waals surface area contributed by atoms with Gasteiger partial charge in [0.15, 0.2) is 0 Å². The normalized spacial score (nSPS) is 13.6. The van der Waals surface area contributed by atoms with Gasteiger partial charge in [-0.05, 0) is 48.7 Å². The molecule has 1 aliphatic carbocycles. The second kappa shape index (κ2) is 9.92. The van der Waals surface area contributed by atoms with Crippen molar-refractivity contribution in [3.05, 3.63) is 71.9 Å². The number of nitrogens with zero attached hydrogens (tertiary/aromatic N) is 1. The van der Waals surface area contributed by atoms with Gasteiger partial charge >= 0.3 is 6.03 Å². The molecular weight excluding hydrogens is 557 g/mol. The number of alkyl halides is 1. The first kappa shape index (κ1) is 23.9. The van der Waals surface area contributed by atoms with Gasteiger partial charge in [-0.3, -0.25) is 4.79 Å². The number of carbonyl (C=O) groups is 2. The van der Waals surface area contributed by atoms with Gasteiger partial charge in [0.25, 0.3) is 0 Å². The summed E-state index contributed by atoms with van der Waals surface area (Å²) in [6.07, 6.45) is 3.50. The smallest absolute Gasteiger partial charge is 0.323 e. The van der Waals surface area contributed by atoms with Gasteiger partial charge in [-0.1, -0.05) is 28.7 Å². The molecule has 1 aliphatic rings. The Balaban J connectivity index is 1.42. The molecular formula is C24H21F2IN4O3. The monoisotopic (exact) mass is 578 g/mol. The van der Waals surface area contributed by atoms with Gasteiger partial charge in [-0.15, -0.1) is 0 Å². The number of aromatic nitrogens is 1. The van der Waals surface area contributed by atoms with Gasteiger partial charge in [-0.25, -0.2) is 18.6 Å². The molecule has 1 saturated carbocycles. The quantitative estimate of drug-likeness (QED) is 0.229. The van der Waals surface area contributed by atoms with Crippen molar-refractivity contribution in [2.45, 2.75) is 25.2 Å². The minimum atomic E-state index is -0.767. The largest absolute Gasteiger partial charge is 0.457 e. The van der Waals surface area contributed by atoms with E-state index in [1.165, 1.54) is 37.4 Å². The lowest BCUT2D eigenvalue weighted by molar-refractivity contribution is -0.114. The number of pyridine rings is 1. The maximum Gasteiger partial charge on any atom is 0.323 e. The molecule has 3 amide bonds. The number of anilines is 3. The molecule has 1 aromatic heterocycles. The Morgan fingerprint density at radius 3 is 2.38 bits per heavy atom. The van der Waals surface area contributed by atoms with Crippen LogP contribution in [0.4, 0.5) is 30.8 Å². The summed E-state index contributed by atoms with van der Waals surface area (Å²) in [4.78, 5) is 27.6. The van der Waals surface area contributed by atoms with Crippen molar-refractivity contribution in [3.8, 4) is 11.5 Å². The number of hydrogen-bond donors (Lipinski definition) is 3. The lowest BCUT2D eigenvalue weighted by Gasteiger charge is -2.15. The maximum atomic E-state index is 14.6. The Hall–Kier alpha value is -3.28. The standard InChI is InChI=1S/C24H21F2IN4O3/c1-14(32)29-22-12-17(6-9-28-22)34-16-3-5-20(19(26)11-16)30-23(33)31-21-10-15(2-4-18(21)25)24(13-27)7-8-24/h2-6,9-12H,7-8,13H2,1H3,(H,28,29,32)(H2,30,31,33). The molecule has 0 saturated heterocycles. The number of amides is 3. The molecule has 10 heteroatoms. The summed E-state index contributed by atoms with van der Waals surface area (Å²) in [6.45, 7) is 1.35. The second-order valence-electron chi connectivity index (χ2n) is 7.99. The third-order valence-corrected chi connectivity index (χ3v) is 6.86. The highest BCUT2D eigenvalue weighted by Gasteiger charge is 2.43. The van der Waals surface area contributed by atoms with Crippen LogP contribution in [0.15, 0.2) is 54.7 Å². The average molecular weight is 578 g/mol. The van der Waals surface area contributed by atoms with Crippen molar-refractivity contribution in [3.63, 3.8) is 0 Å². The number of halogens is 3. The predicted octanol–water partition coefficient (Wildman–Crippen LogP) is 6.22. The topological polar surface area (TPSA) is 92.4 Å². The van der Waals surface area contributed by atoms with Gasteiger partial charge in [0.2, 0.25) is 5.91 Å². The van der Waals surface area contributed by atoms with E-state index in [-0.39, 0.29) is 28.4 Å². The molecule has 0 bridgehead atoms. The van der Waals surface area contributed by atoms with Gasteiger partial charge in [0.1, 0.15) is 29.0 Å². The van der Waals surface area contributed by atoms with Crippen LogP contribution in [0.5, 0.6) is 11.5 Å². The minimum Gasteiger partial charge on any atom is -0.457 e. The summed E-state index contributed by atoms with van der Waals surface area (Å²) in [5, 5.41) is 7.38. The molecule has 34 heavy (non-hydrogen) atoms. The molecule has 0 unspecified atom stereocenters. The summed E-state index contributed by atoms with van der Waals surface area (Å²) < 4.78 is 35.4. The van der Waals surface area contributed by atoms with E-state index in [1.54, 1.807) is 18.2 Å². The van der Waals surface area contributed by atoms with E-state index >= 15 is 0 Å². The Labute approximate surface area is 208 Å². The molecule has 2 aromatic carbocycles. The highest BCUT2D eigenvalue weighted by atomic mass is 127. The van der Waals surface area contributed by atoms with E-state index in [0.29, 0.717) is 11.6 Å². The van der Waals surface area contributed by atoms with Crippen molar-refractivity contribution in [1.29, 1.82) is 0 Å². The molecule has 0 spiro atoms. The van der Waals surface area contributed by atoms with Crippen LogP contribution < -0.4 is 20.7 Å². The number of nitrogens with one attached hydrogen (secondary N) is 3. The van der Waals surface area contributed by atoms with Gasteiger partial charge < -0.3 is 20.7 Å². The highest BCUT2D eigenvalue weighted by Crippen LogP contribution is 2.50. The lowest BCUT2D eigenvalue weighted by atomic mass is 9.98. The van der Waals surface area contributed by atoms with Crippen molar-refractivity contribution in [1.82, 2.24) is 4.98 Å². The van der Waals surface area contributed by atoms with E-state index in [0.717, 1.165) is 28.9 Å². The minimum absolute atomic E-state index is 0.0409. The van der Waals surface area contributed by atoms with Crippen LogP contribution >= 0.6 is 22.6 Å². The Morgan fingerprint density at radius 2 is 1.71 bits per heavy atom. The van der Waals surface area contributed by atoms with E-state index in [9.17, 15) is 18.4 Å². The zero-order valence-electron chi connectivity index (χ0n) is 18.1. The van der Waals surface area contributed by atoms with Crippen LogP contribution in [-0.4, -0.2) is 21.3 Å². The number of carbonyl (C=O) groups excluding carboxylic acids is 2. The van der Waals surface area contributed by atoms with Crippen LogP contribution in [-0.2, 0) is 10.2 Å². The van der Waals surface area contributed by atoms with Crippen molar-refractivity contribution >= 4 is 51.7 Å². The summed E-state index contributed by atoms with van der Waals surface area (Å²) >= 11 is 2.31. The molecule has 176 valence electrons. The fraction of sp³-hybridized carbons (Fsp3) is 0.208. The summed E-state index contributed by atoms with van der Waals surface area (Å²) in [5.74, 6) is -0.776. The van der Waals surface area contributed by atoms with E-state index in [1.807, 2.05) is 0 Å². The number of hydrogen-bond acceptors (Lipinski definition) is 4. The van der Waals surface area contributed by atoms with Crippen LogP contribution in [0.25, 0.3) is 0 Å². The third-order valence-electron chi connectivity index (χ3n) is 5.40. The first-order valence-electron chi connectivity index (χ1n) is 10.4. The summed E-state index contributed by atoms with van der Waals surface area (Å²) in [6, 6.07) is 10.9. The maximum absolute atomic E-state index is 14.6. The fourth-order valence-electron chi connectivity index (χ4n) is 3.40. The SMILES string of the molecule is CC(=O)Nc1cc(Oc2ccc(NC(=O)Nc3cc(C4(CI)CC4)ccc3F)c(F)c2)ccn1. The average Bonchev–Trinajstić information content (AvgIpc) is 3.58. The number of ether oxygens (including phenoxy) is 1. The number of urea groups is 1. The van der Waals surface area contributed by atoms with Crippen LogP contribution in [0.3, 0.4) is 0 Å². The molecule has 4 rings (SSSR count). The Bertz CT molecular complexity index is 1250. The van der Waals surface area contributed by atoms with E-state index < -0.39 is 17.7 Å². The zero-order valence-corrected chi connectivity index (χ0v) is 20.3. The lowest BCUT2D eigenvalue weighted by Crippen LogP contribution is -2.21. The molecule has 3 N–H and O–H groups in total. The first-order valence-corrected chi connectivity index (χ1v) is 12.0. The molecule has 7 nitrogen and oxygen atoms in total. The van der Waals surface area contributed by atoms with Crippen LogP contribution in [0.1, 0.15) is 25.3 Å². The molecule has 0 radical (unpaired) electrons. The van der Waals surface area contributed by atoms with E-state index in [2.05, 4.69) is 43.5 Å². The molecule has 1 heterocycles. The molecule has 3 aromatic rings. The fourth-order valence-corrected chi connectivity index (χ4v) is 4.60. The molecule has 0 atom stereocenters. The van der Waals surface area contributed by atoms with Gasteiger partial charge in [0.05, 0.1) is 11.4 Å². The molecule has 1 fully saturated rings. The highest BCUT2D eigenvalue weighted by molar-refractivity contribution is 14.1.